The molecule has 2 nitrogen and oxygen atoms in total. The van der Waals surface area contributed by atoms with Gasteiger partial charge in [0, 0.05) is 0 Å². The summed E-state index contributed by atoms with van der Waals surface area (Å²) in [4.78, 5) is 0. The normalized spacial score (nSPS) is 15.6. The number of hydrogen-bond donors (Lipinski definition) is 2. The van der Waals surface area contributed by atoms with E-state index < -0.39 is 0 Å². The summed E-state index contributed by atoms with van der Waals surface area (Å²) in [5.41, 5.74) is 0. The van der Waals surface area contributed by atoms with Gasteiger partial charge in [0.2, 0.25) is 0 Å². The first-order valence-corrected chi connectivity index (χ1v) is 2.93. The Hall–Kier alpha value is -0.620. The molecule has 0 aromatic heterocycles. The molecule has 1 aliphatic carbocycles. The van der Waals surface area contributed by atoms with Gasteiger partial charge < -0.3 is 0 Å². The molecule has 1 rings (SSSR count). The smallest absolute Gasteiger partial charge is 0.0831 e. The van der Waals surface area contributed by atoms with Gasteiger partial charge in [0.1, 0.15) is 0 Å². The van der Waals surface area contributed by atoms with E-state index in [-0.39, 0.29) is 0 Å². The largest absolute Gasteiger partial charge is 0.242 e. The topological polar surface area (TPSA) is 47.7 Å². The Morgan fingerprint density at radius 2 is 1.88 bits per heavy atom. The Kier molecular flexibility index (Phi) is 4.19. The van der Waals surface area contributed by atoms with Crippen LogP contribution >= 0.6 is 0 Å². The van der Waals surface area contributed by atoms with Crippen LogP contribution < -0.4 is 0 Å². The lowest BCUT2D eigenvalue weighted by Crippen LogP contribution is -1.59. The van der Waals surface area contributed by atoms with Gasteiger partial charge in [0.05, 0.1) is 6.01 Å². The Morgan fingerprint density at radius 3 is 1.88 bits per heavy atom. The van der Waals surface area contributed by atoms with Gasteiger partial charge in [-0.2, -0.15) is 0 Å². The van der Waals surface area contributed by atoms with Gasteiger partial charge >= 0.3 is 0 Å². The van der Waals surface area contributed by atoms with Gasteiger partial charge in [-0.15, -0.1) is 0 Å². The van der Waals surface area contributed by atoms with E-state index in [0.29, 0.717) is 0 Å². The Labute approximate surface area is 49.9 Å². The maximum atomic E-state index is 5.62. The van der Waals surface area contributed by atoms with Gasteiger partial charge in [0.15, 0.2) is 0 Å². The highest BCUT2D eigenvalue weighted by atomic mass is 14.4. The first-order chi connectivity index (χ1) is 3.85. The molecule has 0 aromatic carbocycles. The lowest BCUT2D eigenvalue weighted by molar-refractivity contribution is 0.799. The minimum atomic E-state index is 1.13. The minimum Gasteiger partial charge on any atom is -0.242 e. The molecule has 0 aliphatic heterocycles. The molecule has 8 heavy (non-hydrogen) atoms. The first kappa shape index (κ1) is 7.38. The van der Waals surface area contributed by atoms with Crippen LogP contribution in [0.15, 0.2) is 0 Å². The summed E-state index contributed by atoms with van der Waals surface area (Å²) in [5, 5.41) is 11.2. The molecular weight excluding hydrogens is 100 g/mol. The zero-order chi connectivity index (χ0) is 6.41. The van der Waals surface area contributed by atoms with Crippen molar-refractivity contribution in [2.45, 2.75) is 26.2 Å². The first-order valence-electron chi connectivity index (χ1n) is 2.93. The van der Waals surface area contributed by atoms with Crippen LogP contribution in [-0.4, -0.2) is 6.01 Å². The van der Waals surface area contributed by atoms with Gasteiger partial charge in [-0.05, 0) is 5.92 Å². The monoisotopic (exact) mass is 112 g/mol. The zero-order valence-corrected chi connectivity index (χ0v) is 5.20. The van der Waals surface area contributed by atoms with Crippen LogP contribution in [-0.2, 0) is 0 Å². The summed E-state index contributed by atoms with van der Waals surface area (Å²) in [6, 6.07) is 1.25. The third-order valence-electron chi connectivity index (χ3n) is 1.27. The van der Waals surface area contributed by atoms with Crippen LogP contribution in [0.1, 0.15) is 26.2 Å². The maximum Gasteiger partial charge on any atom is 0.0831 e. The SMILES string of the molecule is CCC1CC1.N=C=N. The average molecular weight is 112 g/mol. The van der Waals surface area contributed by atoms with E-state index in [1.165, 1.54) is 25.3 Å². The van der Waals surface area contributed by atoms with Crippen LogP contribution in [0.3, 0.4) is 0 Å². The van der Waals surface area contributed by atoms with Crippen LogP contribution in [0.25, 0.3) is 0 Å². The van der Waals surface area contributed by atoms with Gasteiger partial charge in [-0.3, -0.25) is 0 Å². The highest BCUT2D eigenvalue weighted by molar-refractivity contribution is 5.29. The van der Waals surface area contributed by atoms with Crippen molar-refractivity contribution < 1.29 is 0 Å². The maximum absolute atomic E-state index is 5.62. The molecule has 0 heterocycles. The van der Waals surface area contributed by atoms with Gasteiger partial charge in [-0.25, -0.2) is 10.8 Å². The highest BCUT2D eigenvalue weighted by Gasteiger charge is 2.17. The summed E-state index contributed by atoms with van der Waals surface area (Å²) in [6.07, 6.45) is 4.44. The molecule has 0 spiro atoms. The Morgan fingerprint density at radius 1 is 1.50 bits per heavy atom. The van der Waals surface area contributed by atoms with Crippen molar-refractivity contribution in [3.05, 3.63) is 0 Å². The predicted octanol–water partition coefficient (Wildman–Crippen LogP) is 2.12. The fourth-order valence-corrected chi connectivity index (χ4v) is 0.526. The van der Waals surface area contributed by atoms with E-state index in [1.54, 1.807) is 0 Å². The highest BCUT2D eigenvalue weighted by Crippen LogP contribution is 2.31. The summed E-state index contributed by atoms with van der Waals surface area (Å²) in [7, 11) is 0. The lowest BCUT2D eigenvalue weighted by Gasteiger charge is -1.72. The third kappa shape index (κ3) is 5.38. The molecule has 1 saturated carbocycles. The van der Waals surface area contributed by atoms with Crippen LogP contribution in [0.4, 0.5) is 0 Å². The van der Waals surface area contributed by atoms with Gasteiger partial charge in [-0.1, -0.05) is 26.2 Å². The molecule has 0 saturated heterocycles. The van der Waals surface area contributed by atoms with Crippen molar-refractivity contribution in [2.75, 3.05) is 0 Å². The molecule has 0 bridgehead atoms. The molecule has 2 N–H and O–H groups in total. The number of nitrogens with one attached hydrogen (secondary N) is 2. The molecular formula is C6H12N2. The van der Waals surface area contributed by atoms with Crippen molar-refractivity contribution in [3.8, 4) is 0 Å². The van der Waals surface area contributed by atoms with Crippen molar-refractivity contribution in [1.29, 1.82) is 10.8 Å². The average Bonchev–Trinajstić information content (AvgIpc) is 2.48. The molecule has 0 atom stereocenters. The van der Waals surface area contributed by atoms with E-state index in [2.05, 4.69) is 6.92 Å². The molecule has 0 amide bonds. The fraction of sp³-hybridized carbons (Fsp3) is 0.833. The second-order valence-corrected chi connectivity index (χ2v) is 1.98. The second kappa shape index (κ2) is 4.54. The quantitative estimate of drug-likeness (QED) is 0.488. The van der Waals surface area contributed by atoms with Gasteiger partial charge in [0.25, 0.3) is 0 Å². The fourth-order valence-electron chi connectivity index (χ4n) is 0.526. The molecule has 2 heteroatoms. The van der Waals surface area contributed by atoms with Crippen LogP contribution in [0, 0.1) is 16.7 Å². The van der Waals surface area contributed by atoms with Crippen molar-refractivity contribution in [2.24, 2.45) is 5.92 Å². The summed E-state index contributed by atoms with van der Waals surface area (Å²) < 4.78 is 0. The number of rotatable bonds is 1. The standard InChI is InChI=1S/C5H10.CH2N2/c1-2-5-3-4-5;2-1-3/h5H,2-4H2,1H3;2-3H. The van der Waals surface area contributed by atoms with Crippen LogP contribution in [0.5, 0.6) is 0 Å². The molecule has 46 valence electrons. The van der Waals surface area contributed by atoms with Crippen LogP contribution in [0.2, 0.25) is 0 Å². The lowest BCUT2D eigenvalue weighted by atomic mass is 10.3. The summed E-state index contributed by atoms with van der Waals surface area (Å²) in [6.45, 7) is 2.26. The third-order valence-corrected chi connectivity index (χ3v) is 1.27. The predicted molar refractivity (Wildman–Crippen MR) is 33.5 cm³/mol. The van der Waals surface area contributed by atoms with Crippen molar-refractivity contribution in [3.63, 3.8) is 0 Å². The van der Waals surface area contributed by atoms with E-state index in [4.69, 9.17) is 10.8 Å². The van der Waals surface area contributed by atoms with E-state index in [1.807, 2.05) is 0 Å². The Balaban J connectivity index is 0.000000145. The second-order valence-electron chi connectivity index (χ2n) is 1.98. The summed E-state index contributed by atoms with van der Waals surface area (Å²) >= 11 is 0. The molecule has 0 aromatic rings. The van der Waals surface area contributed by atoms with Crippen molar-refractivity contribution >= 4 is 6.01 Å². The molecule has 0 unspecified atom stereocenters. The van der Waals surface area contributed by atoms with Crippen molar-refractivity contribution in [1.82, 2.24) is 0 Å². The summed E-state index contributed by atoms with van der Waals surface area (Å²) in [5.74, 6) is 1.13. The van der Waals surface area contributed by atoms with E-state index in [0.717, 1.165) is 5.92 Å². The van der Waals surface area contributed by atoms with E-state index in [9.17, 15) is 0 Å². The van der Waals surface area contributed by atoms with E-state index >= 15 is 0 Å². The minimum absolute atomic E-state index is 1.13. The molecule has 1 aliphatic rings. The molecule has 1 fully saturated rings. The number of hydrogen-bond acceptors (Lipinski definition) is 2. The Bertz CT molecular complexity index is 78.5. The zero-order valence-electron chi connectivity index (χ0n) is 5.20. The molecule has 0 radical (unpaired) electrons.